The third kappa shape index (κ3) is 2.27. The molecule has 1 aliphatic rings. The van der Waals surface area contributed by atoms with Crippen LogP contribution in [0, 0.1) is 11.8 Å². The summed E-state index contributed by atoms with van der Waals surface area (Å²) in [5.41, 5.74) is 0.885. The highest BCUT2D eigenvalue weighted by Gasteiger charge is 2.09. The summed E-state index contributed by atoms with van der Waals surface area (Å²) in [5, 5.41) is 3.31. The maximum absolute atomic E-state index is 3.90. The normalized spacial score (nSPS) is 20.8. The van der Waals surface area contributed by atoms with Crippen LogP contribution in [-0.2, 0) is 0 Å². The van der Waals surface area contributed by atoms with Crippen LogP contribution in [0.2, 0.25) is 0 Å². The van der Waals surface area contributed by atoms with Gasteiger partial charge < -0.3 is 5.32 Å². The molecule has 1 atom stereocenters. The van der Waals surface area contributed by atoms with Gasteiger partial charge in [0.15, 0.2) is 0 Å². The quantitative estimate of drug-likeness (QED) is 0.583. The fourth-order valence-corrected chi connectivity index (χ4v) is 1.34. The minimum absolute atomic E-state index is 0.361. The predicted octanol–water partition coefficient (Wildman–Crippen LogP) is 0.580. The number of nitrogens with zero attached hydrogens (tertiary/aromatic N) is 2. The first-order chi connectivity index (χ1) is 6.45. The molecule has 1 N–H and O–H groups in total. The van der Waals surface area contributed by atoms with E-state index in [-0.39, 0.29) is 0 Å². The average Bonchev–Trinajstić information content (AvgIpc) is 2.69. The van der Waals surface area contributed by atoms with Crippen molar-refractivity contribution in [3.8, 4) is 11.8 Å². The van der Waals surface area contributed by atoms with E-state index in [1.165, 1.54) is 12.7 Å². The van der Waals surface area contributed by atoms with Gasteiger partial charge in [0.2, 0.25) is 0 Å². The van der Waals surface area contributed by atoms with Gasteiger partial charge in [-0.2, -0.15) is 0 Å². The summed E-state index contributed by atoms with van der Waals surface area (Å²) in [5.74, 6) is 6.21. The molecule has 0 spiro atoms. The zero-order valence-electron chi connectivity index (χ0n) is 7.33. The number of rotatable bonds is 0. The molecule has 2 heterocycles. The molecule has 1 saturated heterocycles. The Morgan fingerprint density at radius 2 is 2.23 bits per heavy atom. The largest absolute Gasteiger partial charge is 0.304 e. The lowest BCUT2D eigenvalue weighted by Crippen LogP contribution is -2.18. The predicted molar refractivity (Wildman–Crippen MR) is 49.9 cm³/mol. The molecular weight excluding hydrogens is 162 g/mol. The van der Waals surface area contributed by atoms with E-state index in [4.69, 9.17) is 0 Å². The van der Waals surface area contributed by atoms with E-state index in [0.29, 0.717) is 6.04 Å². The Labute approximate surface area is 77.6 Å². The van der Waals surface area contributed by atoms with Gasteiger partial charge in [-0.05, 0) is 19.4 Å². The van der Waals surface area contributed by atoms with E-state index >= 15 is 0 Å². The molecule has 0 saturated carbocycles. The van der Waals surface area contributed by atoms with E-state index in [1.807, 2.05) is 0 Å². The SMILES string of the molecule is C(#C[C@H]1CCCN1)c1cncnc1. The Morgan fingerprint density at radius 1 is 1.38 bits per heavy atom. The van der Waals surface area contributed by atoms with Crippen LogP contribution in [-0.4, -0.2) is 22.6 Å². The van der Waals surface area contributed by atoms with E-state index in [0.717, 1.165) is 18.5 Å². The zero-order chi connectivity index (χ0) is 8.93. The Bertz CT molecular complexity index is 317. The third-order valence-corrected chi connectivity index (χ3v) is 2.01. The van der Waals surface area contributed by atoms with E-state index < -0.39 is 0 Å². The van der Waals surface area contributed by atoms with Crippen molar-refractivity contribution in [3.05, 3.63) is 24.3 Å². The van der Waals surface area contributed by atoms with E-state index in [9.17, 15) is 0 Å². The van der Waals surface area contributed by atoms with Crippen LogP contribution in [0.3, 0.4) is 0 Å². The summed E-state index contributed by atoms with van der Waals surface area (Å²) in [6.45, 7) is 1.09. The topological polar surface area (TPSA) is 37.8 Å². The second kappa shape index (κ2) is 4.01. The van der Waals surface area contributed by atoms with E-state index in [1.54, 1.807) is 12.4 Å². The highest BCUT2D eigenvalue weighted by Crippen LogP contribution is 2.03. The third-order valence-electron chi connectivity index (χ3n) is 2.01. The molecule has 0 aromatic carbocycles. The van der Waals surface area contributed by atoms with Crippen molar-refractivity contribution in [2.24, 2.45) is 0 Å². The first-order valence-electron chi connectivity index (χ1n) is 4.45. The molecule has 3 nitrogen and oxygen atoms in total. The van der Waals surface area contributed by atoms with Crippen molar-refractivity contribution in [2.45, 2.75) is 18.9 Å². The standard InChI is InChI=1S/C10H11N3/c1-2-10(13-5-1)4-3-9-6-11-8-12-7-9/h6-8,10,13H,1-2,5H2/t10-/m1/s1. The van der Waals surface area contributed by atoms with Gasteiger partial charge in [0.1, 0.15) is 6.33 Å². The molecule has 0 bridgehead atoms. The molecule has 3 heteroatoms. The Kier molecular flexibility index (Phi) is 2.54. The fraction of sp³-hybridized carbons (Fsp3) is 0.400. The molecule has 0 unspecified atom stereocenters. The summed E-state index contributed by atoms with van der Waals surface area (Å²) in [6.07, 6.45) is 7.36. The number of nitrogens with one attached hydrogen (secondary N) is 1. The van der Waals surface area contributed by atoms with Gasteiger partial charge >= 0.3 is 0 Å². The van der Waals surface area contributed by atoms with Gasteiger partial charge in [-0.15, -0.1) is 0 Å². The summed E-state index contributed by atoms with van der Waals surface area (Å²) < 4.78 is 0. The van der Waals surface area contributed by atoms with Crippen molar-refractivity contribution in [1.82, 2.24) is 15.3 Å². The molecule has 13 heavy (non-hydrogen) atoms. The summed E-state index contributed by atoms with van der Waals surface area (Å²) in [7, 11) is 0. The number of hydrogen-bond donors (Lipinski definition) is 1. The number of hydrogen-bond acceptors (Lipinski definition) is 3. The van der Waals surface area contributed by atoms with Crippen LogP contribution in [0.15, 0.2) is 18.7 Å². The van der Waals surface area contributed by atoms with Gasteiger partial charge in [0.05, 0.1) is 11.6 Å². The molecular formula is C10H11N3. The highest BCUT2D eigenvalue weighted by molar-refractivity contribution is 5.30. The van der Waals surface area contributed by atoms with Crippen LogP contribution in [0.25, 0.3) is 0 Å². The van der Waals surface area contributed by atoms with Gasteiger partial charge in [-0.25, -0.2) is 9.97 Å². The maximum Gasteiger partial charge on any atom is 0.115 e. The zero-order valence-corrected chi connectivity index (χ0v) is 7.33. The second-order valence-corrected chi connectivity index (χ2v) is 3.05. The van der Waals surface area contributed by atoms with Gasteiger partial charge in [0.25, 0.3) is 0 Å². The Balaban J connectivity index is 2.03. The minimum atomic E-state index is 0.361. The lowest BCUT2D eigenvalue weighted by molar-refractivity contribution is 0.749. The molecule has 1 aliphatic heterocycles. The molecule has 0 amide bonds. The van der Waals surface area contributed by atoms with Crippen LogP contribution < -0.4 is 5.32 Å². The molecule has 1 aromatic rings. The Morgan fingerprint density at radius 3 is 2.92 bits per heavy atom. The smallest absolute Gasteiger partial charge is 0.115 e. The van der Waals surface area contributed by atoms with Crippen molar-refractivity contribution in [2.75, 3.05) is 6.54 Å². The lowest BCUT2D eigenvalue weighted by Gasteiger charge is -1.97. The fourth-order valence-electron chi connectivity index (χ4n) is 1.34. The van der Waals surface area contributed by atoms with Crippen LogP contribution >= 0.6 is 0 Å². The molecule has 66 valence electrons. The molecule has 1 aromatic heterocycles. The maximum atomic E-state index is 3.90. The van der Waals surface area contributed by atoms with Crippen molar-refractivity contribution in [3.63, 3.8) is 0 Å². The number of aromatic nitrogens is 2. The average molecular weight is 173 g/mol. The van der Waals surface area contributed by atoms with Crippen LogP contribution in [0.1, 0.15) is 18.4 Å². The van der Waals surface area contributed by atoms with Crippen LogP contribution in [0.5, 0.6) is 0 Å². The van der Waals surface area contributed by atoms with Crippen molar-refractivity contribution >= 4 is 0 Å². The van der Waals surface area contributed by atoms with Gasteiger partial charge in [-0.3, -0.25) is 0 Å². The summed E-state index contributed by atoms with van der Waals surface area (Å²) >= 11 is 0. The van der Waals surface area contributed by atoms with E-state index in [2.05, 4.69) is 27.1 Å². The molecule has 0 aliphatic carbocycles. The summed E-state index contributed by atoms with van der Waals surface area (Å²) in [6, 6.07) is 0.361. The molecule has 0 radical (unpaired) electrons. The lowest BCUT2D eigenvalue weighted by atomic mass is 10.2. The first-order valence-corrected chi connectivity index (χ1v) is 4.45. The Hall–Kier alpha value is -1.40. The molecule has 2 rings (SSSR count). The van der Waals surface area contributed by atoms with Crippen molar-refractivity contribution < 1.29 is 0 Å². The van der Waals surface area contributed by atoms with Crippen LogP contribution in [0.4, 0.5) is 0 Å². The molecule has 1 fully saturated rings. The van der Waals surface area contributed by atoms with Gasteiger partial charge in [0, 0.05) is 12.4 Å². The first kappa shape index (κ1) is 8.21. The monoisotopic (exact) mass is 173 g/mol. The minimum Gasteiger partial charge on any atom is -0.304 e. The second-order valence-electron chi connectivity index (χ2n) is 3.05. The highest BCUT2D eigenvalue weighted by atomic mass is 14.9. The van der Waals surface area contributed by atoms with Gasteiger partial charge in [-0.1, -0.05) is 11.8 Å². The summed E-state index contributed by atoms with van der Waals surface area (Å²) in [4.78, 5) is 7.79. The van der Waals surface area contributed by atoms with Crippen molar-refractivity contribution in [1.29, 1.82) is 0 Å².